The third-order valence-corrected chi connectivity index (χ3v) is 5.60. The molecule has 0 saturated heterocycles. The van der Waals surface area contributed by atoms with Gasteiger partial charge in [-0.2, -0.15) is 0 Å². The van der Waals surface area contributed by atoms with Gasteiger partial charge in [0.25, 0.3) is 0 Å². The van der Waals surface area contributed by atoms with Crippen LogP contribution in [0.15, 0.2) is 24.4 Å². The molecule has 0 bridgehead atoms. The topological polar surface area (TPSA) is 55.7 Å². The Hall–Kier alpha value is -1.59. The summed E-state index contributed by atoms with van der Waals surface area (Å²) >= 11 is 0. The second-order valence-electron chi connectivity index (χ2n) is 6.95. The van der Waals surface area contributed by atoms with Crippen molar-refractivity contribution in [2.45, 2.75) is 50.4 Å². The molecule has 0 unspecified atom stereocenters. The highest BCUT2D eigenvalue weighted by Gasteiger charge is 2.40. The van der Waals surface area contributed by atoms with Crippen molar-refractivity contribution >= 4 is 5.70 Å². The van der Waals surface area contributed by atoms with E-state index in [1.807, 2.05) is 12.3 Å². The molecule has 124 valence electrons. The minimum absolute atomic E-state index is 0.116. The number of halogens is 1. The lowest BCUT2D eigenvalue weighted by Crippen LogP contribution is -2.32. The van der Waals surface area contributed by atoms with Crippen molar-refractivity contribution in [1.82, 2.24) is 10.2 Å². The third kappa shape index (κ3) is 2.52. The summed E-state index contributed by atoms with van der Waals surface area (Å²) in [5, 5.41) is 23.5. The quantitative estimate of drug-likeness (QED) is 0.801. The first-order valence-corrected chi connectivity index (χ1v) is 8.50. The van der Waals surface area contributed by atoms with E-state index in [1.54, 1.807) is 6.07 Å². The molecule has 1 aromatic carbocycles. The second kappa shape index (κ2) is 5.80. The van der Waals surface area contributed by atoms with Gasteiger partial charge in [0.05, 0.1) is 30.6 Å². The van der Waals surface area contributed by atoms with E-state index in [1.165, 1.54) is 6.07 Å². The molecule has 1 aliphatic carbocycles. The summed E-state index contributed by atoms with van der Waals surface area (Å²) in [5.74, 6) is 0.0197. The molecular weight excluding hydrogens is 295 g/mol. The lowest BCUT2D eigenvalue weighted by atomic mass is 9.81. The van der Waals surface area contributed by atoms with Crippen LogP contribution in [-0.4, -0.2) is 34.0 Å². The minimum Gasteiger partial charge on any atom is -0.393 e. The first-order valence-electron chi connectivity index (χ1n) is 8.50. The first kappa shape index (κ1) is 15.0. The average molecular weight is 318 g/mol. The standard InChI is InChI=1S/C18H23FN2O2/c19-14-3-1-2-13-16-9-20-10-21(16)15(18(13)14)8-17(23)11-4-6-12(22)7-5-11/h1-3,9,11-12,15,17,20,22-23H,4-8,10H2/t11?,12?,15-,17+/m1/s1. The molecule has 3 N–H and O–H groups in total. The van der Waals surface area contributed by atoms with E-state index in [-0.39, 0.29) is 23.9 Å². The molecule has 5 heteroatoms. The number of rotatable bonds is 3. The largest absolute Gasteiger partial charge is 0.393 e. The van der Waals surface area contributed by atoms with Gasteiger partial charge < -0.3 is 20.4 Å². The van der Waals surface area contributed by atoms with E-state index in [9.17, 15) is 14.6 Å². The fourth-order valence-corrected chi connectivity index (χ4v) is 4.33. The lowest BCUT2D eigenvalue weighted by Gasteiger charge is -2.33. The van der Waals surface area contributed by atoms with Crippen molar-refractivity contribution in [3.63, 3.8) is 0 Å². The normalized spacial score (nSPS) is 30.5. The number of benzene rings is 1. The molecule has 1 fully saturated rings. The Morgan fingerprint density at radius 2 is 2.04 bits per heavy atom. The molecule has 0 aromatic heterocycles. The molecule has 2 atom stereocenters. The van der Waals surface area contributed by atoms with E-state index in [0.717, 1.165) is 42.5 Å². The van der Waals surface area contributed by atoms with Crippen LogP contribution in [0.2, 0.25) is 0 Å². The molecule has 0 amide bonds. The van der Waals surface area contributed by atoms with Crippen LogP contribution in [-0.2, 0) is 0 Å². The van der Waals surface area contributed by atoms with Crippen LogP contribution in [0.25, 0.3) is 5.70 Å². The molecule has 4 nitrogen and oxygen atoms in total. The molecule has 1 saturated carbocycles. The molecular formula is C18H23FN2O2. The Balaban J connectivity index is 1.56. The van der Waals surface area contributed by atoms with Crippen molar-refractivity contribution in [3.8, 4) is 0 Å². The molecule has 1 aromatic rings. The third-order valence-electron chi connectivity index (χ3n) is 5.60. The van der Waals surface area contributed by atoms with Crippen LogP contribution in [0.3, 0.4) is 0 Å². The number of aliphatic hydroxyl groups is 2. The van der Waals surface area contributed by atoms with Crippen LogP contribution in [0, 0.1) is 11.7 Å². The summed E-state index contributed by atoms with van der Waals surface area (Å²) in [5.41, 5.74) is 2.68. The SMILES string of the molecule is OC1CCC([C@@H](O)C[C@@H]2c3c(F)cccc3C3=CNCN32)CC1. The number of nitrogens with zero attached hydrogens (tertiary/aromatic N) is 1. The molecule has 2 aliphatic heterocycles. The number of hydrogen-bond acceptors (Lipinski definition) is 4. The molecule has 0 radical (unpaired) electrons. The van der Waals surface area contributed by atoms with Gasteiger partial charge in [-0.3, -0.25) is 0 Å². The summed E-state index contributed by atoms with van der Waals surface area (Å²) < 4.78 is 14.4. The van der Waals surface area contributed by atoms with Gasteiger partial charge in [0.15, 0.2) is 0 Å². The van der Waals surface area contributed by atoms with Crippen LogP contribution in [0.1, 0.15) is 49.3 Å². The Bertz CT molecular complexity index is 625. The molecule has 4 rings (SSSR count). The van der Waals surface area contributed by atoms with Crippen LogP contribution >= 0.6 is 0 Å². The number of aliphatic hydroxyl groups excluding tert-OH is 2. The summed E-state index contributed by atoms with van der Waals surface area (Å²) in [6, 6.07) is 5.08. The van der Waals surface area contributed by atoms with Gasteiger partial charge >= 0.3 is 0 Å². The summed E-state index contributed by atoms with van der Waals surface area (Å²) in [7, 11) is 0. The molecule has 2 heterocycles. The zero-order valence-corrected chi connectivity index (χ0v) is 13.1. The fraction of sp³-hybridized carbons (Fsp3) is 0.556. The van der Waals surface area contributed by atoms with E-state index < -0.39 is 6.10 Å². The maximum atomic E-state index is 14.4. The van der Waals surface area contributed by atoms with Gasteiger partial charge in [0.2, 0.25) is 0 Å². The zero-order chi connectivity index (χ0) is 16.0. The van der Waals surface area contributed by atoms with Crippen LogP contribution in [0.5, 0.6) is 0 Å². The Morgan fingerprint density at radius 3 is 2.83 bits per heavy atom. The summed E-state index contributed by atoms with van der Waals surface area (Å²) in [4.78, 5) is 2.15. The van der Waals surface area contributed by atoms with E-state index in [2.05, 4.69) is 10.2 Å². The molecule has 3 aliphatic rings. The zero-order valence-electron chi connectivity index (χ0n) is 13.1. The average Bonchev–Trinajstić information content (AvgIpc) is 3.12. The van der Waals surface area contributed by atoms with Crippen molar-refractivity contribution in [2.24, 2.45) is 5.92 Å². The predicted molar refractivity (Wildman–Crippen MR) is 85.5 cm³/mol. The van der Waals surface area contributed by atoms with Gasteiger partial charge in [-0.15, -0.1) is 0 Å². The smallest absolute Gasteiger partial charge is 0.129 e. The number of hydrogen-bond donors (Lipinski definition) is 3. The highest BCUT2D eigenvalue weighted by molar-refractivity contribution is 5.73. The van der Waals surface area contributed by atoms with Crippen molar-refractivity contribution in [3.05, 3.63) is 41.3 Å². The maximum absolute atomic E-state index is 14.4. The second-order valence-corrected chi connectivity index (χ2v) is 6.95. The van der Waals surface area contributed by atoms with Gasteiger partial charge in [0.1, 0.15) is 5.82 Å². The van der Waals surface area contributed by atoms with E-state index in [4.69, 9.17) is 0 Å². The van der Waals surface area contributed by atoms with E-state index in [0.29, 0.717) is 13.1 Å². The van der Waals surface area contributed by atoms with Gasteiger partial charge in [-0.1, -0.05) is 12.1 Å². The van der Waals surface area contributed by atoms with Crippen molar-refractivity contribution in [2.75, 3.05) is 6.67 Å². The van der Waals surface area contributed by atoms with Gasteiger partial charge in [-0.05, 0) is 44.1 Å². The maximum Gasteiger partial charge on any atom is 0.129 e. The highest BCUT2D eigenvalue weighted by atomic mass is 19.1. The van der Waals surface area contributed by atoms with Crippen LogP contribution in [0.4, 0.5) is 4.39 Å². The number of nitrogens with one attached hydrogen (secondary N) is 1. The fourth-order valence-electron chi connectivity index (χ4n) is 4.33. The molecule has 0 spiro atoms. The summed E-state index contributed by atoms with van der Waals surface area (Å²) in [6.45, 7) is 0.657. The number of fused-ring (bicyclic) bond motifs is 3. The Morgan fingerprint density at radius 1 is 1.26 bits per heavy atom. The van der Waals surface area contributed by atoms with E-state index >= 15 is 0 Å². The van der Waals surface area contributed by atoms with Crippen molar-refractivity contribution < 1.29 is 14.6 Å². The van der Waals surface area contributed by atoms with Crippen molar-refractivity contribution in [1.29, 1.82) is 0 Å². The minimum atomic E-state index is -0.458. The summed E-state index contributed by atoms with van der Waals surface area (Å²) in [6.07, 6.45) is 5.00. The first-order chi connectivity index (χ1) is 11.1. The highest BCUT2D eigenvalue weighted by Crippen LogP contribution is 2.46. The molecule has 23 heavy (non-hydrogen) atoms. The predicted octanol–water partition coefficient (Wildman–Crippen LogP) is 2.34. The van der Waals surface area contributed by atoms with Crippen LogP contribution < -0.4 is 5.32 Å². The lowest BCUT2D eigenvalue weighted by molar-refractivity contribution is 0.0263. The Labute approximate surface area is 135 Å². The van der Waals surface area contributed by atoms with Gasteiger partial charge in [-0.25, -0.2) is 4.39 Å². The Kier molecular flexibility index (Phi) is 3.77. The monoisotopic (exact) mass is 318 g/mol. The van der Waals surface area contributed by atoms with Gasteiger partial charge in [0, 0.05) is 17.3 Å².